The minimum absolute atomic E-state index is 0.00279. The number of amidine groups is 1. The zero-order valence-electron chi connectivity index (χ0n) is 10.4. The molecule has 0 aliphatic carbocycles. The molecule has 0 unspecified atom stereocenters. The number of nitrogens with one attached hydrogen (secondary N) is 1. The average molecular weight is 250 g/mol. The molecule has 19 heavy (non-hydrogen) atoms. The molecule has 0 aliphatic heterocycles. The highest BCUT2D eigenvalue weighted by molar-refractivity contribution is 6.05. The van der Waals surface area contributed by atoms with Crippen LogP contribution in [0, 0.1) is 5.41 Å². The molecule has 3 aromatic rings. The second-order valence-corrected chi connectivity index (χ2v) is 4.42. The summed E-state index contributed by atoms with van der Waals surface area (Å²) in [5, 5.41) is 13.0. The summed E-state index contributed by atoms with van der Waals surface area (Å²) in [6.45, 7) is 0.675. The fraction of sp³-hybridized carbons (Fsp3) is 0.0667. The van der Waals surface area contributed by atoms with Gasteiger partial charge in [-0.25, -0.2) is 0 Å². The quantitative estimate of drug-likeness (QED) is 0.553. The van der Waals surface area contributed by atoms with Crippen molar-refractivity contribution in [3.8, 4) is 0 Å². The first-order valence-corrected chi connectivity index (χ1v) is 6.09. The normalized spacial score (nSPS) is 10.7. The van der Waals surface area contributed by atoms with Gasteiger partial charge in [-0.2, -0.15) is 5.10 Å². The van der Waals surface area contributed by atoms with Gasteiger partial charge in [-0.1, -0.05) is 48.5 Å². The van der Waals surface area contributed by atoms with E-state index in [1.165, 1.54) is 5.56 Å². The van der Waals surface area contributed by atoms with E-state index in [-0.39, 0.29) is 5.84 Å². The highest BCUT2D eigenvalue weighted by Crippen LogP contribution is 2.19. The maximum atomic E-state index is 7.61. The fourth-order valence-electron chi connectivity index (χ4n) is 2.20. The van der Waals surface area contributed by atoms with Crippen LogP contribution in [-0.4, -0.2) is 15.6 Å². The molecule has 0 bridgehead atoms. The van der Waals surface area contributed by atoms with Gasteiger partial charge in [-0.15, -0.1) is 0 Å². The summed E-state index contributed by atoms with van der Waals surface area (Å²) in [4.78, 5) is 0. The van der Waals surface area contributed by atoms with Crippen LogP contribution in [0.1, 0.15) is 11.3 Å². The largest absolute Gasteiger partial charge is 0.382 e. The molecule has 0 saturated carbocycles. The van der Waals surface area contributed by atoms with Crippen molar-refractivity contribution >= 4 is 16.7 Å². The lowest BCUT2D eigenvalue weighted by molar-refractivity contribution is 0.709. The third-order valence-corrected chi connectivity index (χ3v) is 3.09. The summed E-state index contributed by atoms with van der Waals surface area (Å²) in [7, 11) is 0. The van der Waals surface area contributed by atoms with Crippen LogP contribution in [0.3, 0.4) is 0 Å². The van der Waals surface area contributed by atoms with Crippen LogP contribution in [0.4, 0.5) is 0 Å². The average Bonchev–Trinajstić information content (AvgIpc) is 2.79. The number of fused-ring (bicyclic) bond motifs is 1. The number of benzene rings is 2. The Hall–Kier alpha value is -2.62. The number of hydrogen-bond donors (Lipinski definition) is 2. The van der Waals surface area contributed by atoms with E-state index in [1.54, 1.807) is 0 Å². The summed E-state index contributed by atoms with van der Waals surface area (Å²) in [5.41, 5.74) is 8.31. The van der Waals surface area contributed by atoms with Crippen LogP contribution >= 0.6 is 0 Å². The molecule has 1 heterocycles. The Morgan fingerprint density at radius 2 is 1.74 bits per heavy atom. The minimum atomic E-state index is 0.00279. The monoisotopic (exact) mass is 250 g/mol. The van der Waals surface area contributed by atoms with E-state index in [9.17, 15) is 0 Å². The smallest absolute Gasteiger partial charge is 0.144 e. The van der Waals surface area contributed by atoms with E-state index >= 15 is 0 Å². The molecule has 0 radical (unpaired) electrons. The molecule has 2 aromatic carbocycles. The standard InChI is InChI=1S/C15H14N4/c16-15(17)14-12-8-4-5-9-13(12)19(18-14)10-11-6-2-1-3-7-11/h1-9H,10H2,(H3,16,17). The van der Waals surface area contributed by atoms with Gasteiger partial charge in [0.25, 0.3) is 0 Å². The third-order valence-electron chi connectivity index (χ3n) is 3.09. The molecule has 0 atom stereocenters. The van der Waals surface area contributed by atoms with Gasteiger partial charge in [0.2, 0.25) is 0 Å². The van der Waals surface area contributed by atoms with Gasteiger partial charge in [0.15, 0.2) is 0 Å². The molecule has 0 spiro atoms. The van der Waals surface area contributed by atoms with E-state index in [0.717, 1.165) is 10.9 Å². The Balaban J connectivity index is 2.11. The predicted molar refractivity (Wildman–Crippen MR) is 76.3 cm³/mol. The van der Waals surface area contributed by atoms with Crippen molar-refractivity contribution in [2.45, 2.75) is 6.54 Å². The molecule has 94 valence electrons. The second kappa shape index (κ2) is 4.57. The number of aromatic nitrogens is 2. The van der Waals surface area contributed by atoms with Crippen LogP contribution in [0.25, 0.3) is 10.9 Å². The molecule has 4 heteroatoms. The van der Waals surface area contributed by atoms with Crippen LogP contribution < -0.4 is 5.73 Å². The summed E-state index contributed by atoms with van der Waals surface area (Å²) < 4.78 is 1.89. The first-order valence-electron chi connectivity index (χ1n) is 6.09. The fourth-order valence-corrected chi connectivity index (χ4v) is 2.20. The van der Waals surface area contributed by atoms with Crippen LogP contribution in [0.15, 0.2) is 54.6 Å². The molecular weight excluding hydrogens is 236 g/mol. The zero-order valence-corrected chi connectivity index (χ0v) is 10.4. The number of nitrogens with zero attached hydrogens (tertiary/aromatic N) is 2. The van der Waals surface area contributed by atoms with E-state index in [2.05, 4.69) is 17.2 Å². The van der Waals surface area contributed by atoms with E-state index in [0.29, 0.717) is 12.2 Å². The van der Waals surface area contributed by atoms with Crippen molar-refractivity contribution < 1.29 is 0 Å². The lowest BCUT2D eigenvalue weighted by Crippen LogP contribution is -2.13. The number of nitrogen functional groups attached to an aromatic ring is 1. The third kappa shape index (κ3) is 2.08. The van der Waals surface area contributed by atoms with Gasteiger partial charge in [-0.3, -0.25) is 10.1 Å². The van der Waals surface area contributed by atoms with Gasteiger partial charge in [0, 0.05) is 5.39 Å². The zero-order chi connectivity index (χ0) is 13.2. The summed E-state index contributed by atoms with van der Waals surface area (Å²) in [5.74, 6) is 0.00279. The van der Waals surface area contributed by atoms with Crippen molar-refractivity contribution in [2.24, 2.45) is 5.73 Å². The molecule has 4 nitrogen and oxygen atoms in total. The number of para-hydroxylation sites is 1. The van der Waals surface area contributed by atoms with Crippen molar-refractivity contribution in [2.75, 3.05) is 0 Å². The Kier molecular flexibility index (Phi) is 2.76. The van der Waals surface area contributed by atoms with E-state index in [4.69, 9.17) is 11.1 Å². The molecule has 0 fully saturated rings. The molecule has 0 aliphatic rings. The minimum Gasteiger partial charge on any atom is -0.382 e. The van der Waals surface area contributed by atoms with Crippen molar-refractivity contribution in [1.82, 2.24) is 9.78 Å². The lowest BCUT2D eigenvalue weighted by Gasteiger charge is -2.03. The van der Waals surface area contributed by atoms with E-state index in [1.807, 2.05) is 47.1 Å². The van der Waals surface area contributed by atoms with Crippen LogP contribution in [0.5, 0.6) is 0 Å². The van der Waals surface area contributed by atoms with Gasteiger partial charge in [0.05, 0.1) is 12.1 Å². The number of nitrogens with two attached hydrogens (primary N) is 1. The van der Waals surface area contributed by atoms with E-state index < -0.39 is 0 Å². The van der Waals surface area contributed by atoms with Crippen LogP contribution in [0.2, 0.25) is 0 Å². The van der Waals surface area contributed by atoms with Crippen LogP contribution in [-0.2, 0) is 6.54 Å². The molecule has 1 aromatic heterocycles. The van der Waals surface area contributed by atoms with Crippen molar-refractivity contribution in [3.05, 3.63) is 65.9 Å². The summed E-state index contributed by atoms with van der Waals surface area (Å²) >= 11 is 0. The highest BCUT2D eigenvalue weighted by atomic mass is 15.3. The molecular formula is C15H14N4. The molecule has 3 N–H and O–H groups in total. The maximum Gasteiger partial charge on any atom is 0.144 e. The highest BCUT2D eigenvalue weighted by Gasteiger charge is 2.11. The van der Waals surface area contributed by atoms with Gasteiger partial charge in [0.1, 0.15) is 11.5 Å². The van der Waals surface area contributed by atoms with Gasteiger partial charge >= 0.3 is 0 Å². The molecule has 0 saturated heterocycles. The maximum absolute atomic E-state index is 7.61. The Morgan fingerprint density at radius 1 is 1.05 bits per heavy atom. The first kappa shape index (κ1) is 11.5. The SMILES string of the molecule is N=C(N)c1nn(Cc2ccccc2)c2ccccc12. The predicted octanol–water partition coefficient (Wildman–Crippen LogP) is 2.37. The number of hydrogen-bond acceptors (Lipinski definition) is 2. The number of rotatable bonds is 3. The van der Waals surface area contributed by atoms with Crippen molar-refractivity contribution in [3.63, 3.8) is 0 Å². The summed E-state index contributed by atoms with van der Waals surface area (Å²) in [6, 6.07) is 18.0. The Bertz CT molecular complexity index is 728. The molecule has 0 amide bonds. The summed E-state index contributed by atoms with van der Waals surface area (Å²) in [6.07, 6.45) is 0. The van der Waals surface area contributed by atoms with Crippen molar-refractivity contribution in [1.29, 1.82) is 5.41 Å². The topological polar surface area (TPSA) is 67.7 Å². The van der Waals surface area contributed by atoms with Gasteiger partial charge in [-0.05, 0) is 11.6 Å². The lowest BCUT2D eigenvalue weighted by atomic mass is 10.2. The Labute approximate surface area is 111 Å². The molecule has 3 rings (SSSR count). The Morgan fingerprint density at radius 3 is 2.47 bits per heavy atom. The van der Waals surface area contributed by atoms with Gasteiger partial charge < -0.3 is 5.73 Å². The second-order valence-electron chi connectivity index (χ2n) is 4.42. The first-order chi connectivity index (χ1) is 9.25.